The summed E-state index contributed by atoms with van der Waals surface area (Å²) in [7, 11) is 0. The molecular formula is C19H20FN5O3S. The van der Waals surface area contributed by atoms with Gasteiger partial charge in [-0.15, -0.1) is 10.2 Å². The molecule has 10 heteroatoms. The Morgan fingerprint density at radius 3 is 2.69 bits per heavy atom. The van der Waals surface area contributed by atoms with E-state index in [1.807, 2.05) is 0 Å². The Labute approximate surface area is 170 Å². The highest BCUT2D eigenvalue weighted by atomic mass is 32.2. The fourth-order valence-electron chi connectivity index (χ4n) is 2.94. The molecule has 2 heterocycles. The number of nitrogens with two attached hydrogens (primary N) is 1. The molecule has 3 rings (SSSR count). The number of nitrogen functional groups attached to an aromatic ring is 1. The molecule has 0 spiro atoms. The molecule has 0 saturated heterocycles. The van der Waals surface area contributed by atoms with Crippen molar-refractivity contribution in [1.29, 1.82) is 0 Å². The van der Waals surface area contributed by atoms with Crippen molar-refractivity contribution in [1.82, 2.24) is 19.9 Å². The summed E-state index contributed by atoms with van der Waals surface area (Å²) >= 11 is 1.07. The number of Topliss-reactive ketones (excluding diaryl/α,β-unsaturated/α-hetero) is 1. The molecule has 0 aliphatic heterocycles. The number of hydrogen-bond acceptors (Lipinski definition) is 7. The number of aryl methyl sites for hydroxylation is 1. The average Bonchev–Trinajstić information content (AvgIpc) is 3.19. The molecule has 0 unspecified atom stereocenters. The zero-order chi connectivity index (χ0) is 21.1. The number of benzene rings is 1. The number of nitrogens with zero attached hydrogens (tertiary/aromatic N) is 3. The van der Waals surface area contributed by atoms with Gasteiger partial charge in [0.15, 0.2) is 11.6 Å². The van der Waals surface area contributed by atoms with Gasteiger partial charge in [-0.25, -0.2) is 13.9 Å². The smallest absolute Gasteiger partial charge is 0.340 e. The number of hydrogen-bond donors (Lipinski definition) is 2. The topological polar surface area (TPSA) is 116 Å². The monoisotopic (exact) mass is 417 g/mol. The lowest BCUT2D eigenvalue weighted by Gasteiger charge is -2.05. The van der Waals surface area contributed by atoms with E-state index in [0.29, 0.717) is 22.5 Å². The first-order valence-electron chi connectivity index (χ1n) is 8.82. The fourth-order valence-corrected chi connectivity index (χ4v) is 3.67. The standard InChI is InChI=1S/C19H20FN5O3S/c1-4-28-18(27)15-10(2)16(22-11(15)3)14(26)9-29-19-24-23-17(25(19)21)12-7-5-6-8-13(12)20/h5-8,22H,4,9,21H2,1-3H3. The van der Waals surface area contributed by atoms with E-state index in [4.69, 9.17) is 10.6 Å². The van der Waals surface area contributed by atoms with Crippen LogP contribution < -0.4 is 5.84 Å². The molecule has 0 amide bonds. The van der Waals surface area contributed by atoms with E-state index in [-0.39, 0.29) is 34.7 Å². The number of thioether (sulfide) groups is 1. The second-order valence-electron chi connectivity index (χ2n) is 6.21. The van der Waals surface area contributed by atoms with Gasteiger partial charge in [-0.1, -0.05) is 23.9 Å². The molecule has 29 heavy (non-hydrogen) atoms. The minimum Gasteiger partial charge on any atom is -0.462 e. The van der Waals surface area contributed by atoms with Gasteiger partial charge >= 0.3 is 5.97 Å². The number of carbonyl (C=O) groups is 2. The van der Waals surface area contributed by atoms with Crippen molar-refractivity contribution in [3.05, 3.63) is 52.6 Å². The number of nitrogens with one attached hydrogen (secondary N) is 1. The molecule has 3 aromatic rings. The zero-order valence-electron chi connectivity index (χ0n) is 16.2. The lowest BCUT2D eigenvalue weighted by atomic mass is 10.1. The summed E-state index contributed by atoms with van der Waals surface area (Å²) in [5, 5.41) is 8.13. The largest absolute Gasteiger partial charge is 0.462 e. The zero-order valence-corrected chi connectivity index (χ0v) is 17.0. The molecule has 0 bridgehead atoms. The van der Waals surface area contributed by atoms with Crippen LogP contribution in [0.15, 0.2) is 29.4 Å². The Morgan fingerprint density at radius 2 is 2.00 bits per heavy atom. The van der Waals surface area contributed by atoms with Gasteiger partial charge in [0, 0.05) is 5.69 Å². The van der Waals surface area contributed by atoms with Gasteiger partial charge in [-0.05, 0) is 38.5 Å². The maximum absolute atomic E-state index is 14.0. The summed E-state index contributed by atoms with van der Waals surface area (Å²) in [6.45, 7) is 5.37. The van der Waals surface area contributed by atoms with Crippen LogP contribution in [0.4, 0.5) is 4.39 Å². The van der Waals surface area contributed by atoms with E-state index in [9.17, 15) is 14.0 Å². The van der Waals surface area contributed by atoms with Crippen LogP contribution in [0.1, 0.15) is 39.0 Å². The highest BCUT2D eigenvalue weighted by molar-refractivity contribution is 7.99. The number of rotatable bonds is 7. The summed E-state index contributed by atoms with van der Waals surface area (Å²) in [4.78, 5) is 27.7. The number of ether oxygens (including phenoxy) is 1. The number of H-pyrrole nitrogens is 1. The molecule has 2 aromatic heterocycles. The van der Waals surface area contributed by atoms with E-state index in [1.54, 1.807) is 39.0 Å². The summed E-state index contributed by atoms with van der Waals surface area (Å²) in [5.74, 6) is 4.98. The molecule has 1 aromatic carbocycles. The fraction of sp³-hybridized carbons (Fsp3) is 0.263. The minimum absolute atomic E-state index is 0.00959. The van der Waals surface area contributed by atoms with Crippen molar-refractivity contribution in [3.63, 3.8) is 0 Å². The van der Waals surface area contributed by atoms with E-state index in [1.165, 1.54) is 6.07 Å². The molecule has 8 nitrogen and oxygen atoms in total. The molecule has 0 saturated carbocycles. The first-order chi connectivity index (χ1) is 13.8. The van der Waals surface area contributed by atoms with Crippen molar-refractivity contribution in [3.8, 4) is 11.4 Å². The quantitative estimate of drug-likeness (QED) is 0.263. The molecular weight excluding hydrogens is 397 g/mol. The Kier molecular flexibility index (Phi) is 6.02. The maximum atomic E-state index is 14.0. The average molecular weight is 417 g/mol. The van der Waals surface area contributed by atoms with Crippen molar-refractivity contribution in [2.24, 2.45) is 0 Å². The Morgan fingerprint density at radius 1 is 1.28 bits per heavy atom. The van der Waals surface area contributed by atoms with E-state index in [0.717, 1.165) is 16.4 Å². The first-order valence-corrected chi connectivity index (χ1v) is 9.81. The summed E-state index contributed by atoms with van der Waals surface area (Å²) < 4.78 is 20.1. The second kappa shape index (κ2) is 8.48. The van der Waals surface area contributed by atoms with Crippen molar-refractivity contribution >= 4 is 23.5 Å². The number of aromatic nitrogens is 4. The van der Waals surface area contributed by atoms with Gasteiger partial charge < -0.3 is 15.6 Å². The van der Waals surface area contributed by atoms with Crippen LogP contribution in [0.3, 0.4) is 0 Å². The molecule has 0 atom stereocenters. The third-order valence-corrected chi connectivity index (χ3v) is 5.25. The van der Waals surface area contributed by atoms with Crippen LogP contribution in [-0.2, 0) is 4.74 Å². The number of ketones is 1. The predicted molar refractivity (Wildman–Crippen MR) is 107 cm³/mol. The van der Waals surface area contributed by atoms with E-state index in [2.05, 4.69) is 15.2 Å². The SMILES string of the molecule is CCOC(=O)c1c(C)[nH]c(C(=O)CSc2nnc(-c3ccccc3F)n2N)c1C. The maximum Gasteiger partial charge on any atom is 0.340 e. The first kappa shape index (κ1) is 20.6. The van der Waals surface area contributed by atoms with Crippen LogP contribution in [0.5, 0.6) is 0 Å². The normalized spacial score (nSPS) is 10.9. The molecule has 152 valence electrons. The van der Waals surface area contributed by atoms with Crippen molar-refractivity contribution in [2.45, 2.75) is 25.9 Å². The molecule has 0 aliphatic carbocycles. The van der Waals surface area contributed by atoms with Gasteiger partial charge in [0.1, 0.15) is 5.82 Å². The highest BCUT2D eigenvalue weighted by Gasteiger charge is 2.23. The molecule has 0 aliphatic rings. The summed E-state index contributed by atoms with van der Waals surface area (Å²) in [5.41, 5.74) is 2.01. The van der Waals surface area contributed by atoms with Gasteiger partial charge in [0.05, 0.1) is 29.2 Å². The number of halogens is 1. The van der Waals surface area contributed by atoms with Gasteiger partial charge in [-0.3, -0.25) is 4.79 Å². The van der Waals surface area contributed by atoms with Crippen molar-refractivity contribution < 1.29 is 18.7 Å². The van der Waals surface area contributed by atoms with E-state index < -0.39 is 11.8 Å². The van der Waals surface area contributed by atoms with E-state index >= 15 is 0 Å². The van der Waals surface area contributed by atoms with Gasteiger partial charge in [-0.2, -0.15) is 0 Å². The Hall–Kier alpha value is -3.14. The van der Waals surface area contributed by atoms with Gasteiger partial charge in [0.25, 0.3) is 0 Å². The third kappa shape index (κ3) is 4.02. The Balaban J connectivity index is 1.76. The van der Waals surface area contributed by atoms with Crippen molar-refractivity contribution in [2.75, 3.05) is 18.2 Å². The van der Waals surface area contributed by atoms with Gasteiger partial charge in [0.2, 0.25) is 5.16 Å². The summed E-state index contributed by atoms with van der Waals surface area (Å²) in [6.07, 6.45) is 0. The minimum atomic E-state index is -0.471. The molecule has 0 radical (unpaired) electrons. The lowest BCUT2D eigenvalue weighted by molar-refractivity contribution is 0.0525. The van der Waals surface area contributed by atoms with Crippen LogP contribution >= 0.6 is 11.8 Å². The third-order valence-electron chi connectivity index (χ3n) is 4.31. The van der Waals surface area contributed by atoms with Crippen LogP contribution in [0.2, 0.25) is 0 Å². The lowest BCUT2D eigenvalue weighted by Crippen LogP contribution is -2.13. The number of carbonyl (C=O) groups excluding carboxylic acids is 2. The number of aromatic amines is 1. The summed E-state index contributed by atoms with van der Waals surface area (Å²) in [6, 6.07) is 6.08. The predicted octanol–water partition coefficient (Wildman–Crippen LogP) is 2.89. The Bertz CT molecular complexity index is 1080. The highest BCUT2D eigenvalue weighted by Crippen LogP contribution is 2.25. The van der Waals surface area contributed by atoms with Crippen LogP contribution in [-0.4, -0.2) is 44.0 Å². The molecule has 0 fully saturated rings. The number of esters is 1. The van der Waals surface area contributed by atoms with Crippen LogP contribution in [0, 0.1) is 19.7 Å². The van der Waals surface area contributed by atoms with Crippen LogP contribution in [0.25, 0.3) is 11.4 Å². The molecule has 3 N–H and O–H groups in total. The second-order valence-corrected chi connectivity index (χ2v) is 7.16.